The lowest BCUT2D eigenvalue weighted by Crippen LogP contribution is -2.29. The van der Waals surface area contributed by atoms with E-state index in [1.807, 2.05) is 14.0 Å². The number of halogens is 2. The van der Waals surface area contributed by atoms with Crippen molar-refractivity contribution in [3.63, 3.8) is 0 Å². The van der Waals surface area contributed by atoms with Crippen LogP contribution < -0.4 is 0 Å². The first-order valence-electron chi connectivity index (χ1n) is 5.49. The zero-order chi connectivity index (χ0) is 11.7. The molecule has 2 atom stereocenters. The van der Waals surface area contributed by atoms with E-state index in [4.69, 9.17) is 27.9 Å². The molecule has 5 heteroatoms. The zero-order valence-corrected chi connectivity index (χ0v) is 11.1. The van der Waals surface area contributed by atoms with Crippen LogP contribution in [0.2, 0.25) is 5.15 Å². The molecule has 16 heavy (non-hydrogen) atoms. The Morgan fingerprint density at radius 3 is 2.88 bits per heavy atom. The lowest BCUT2D eigenvalue weighted by Gasteiger charge is -2.27. The maximum atomic E-state index is 6.29. The van der Waals surface area contributed by atoms with Gasteiger partial charge in [-0.3, -0.25) is 4.68 Å². The van der Waals surface area contributed by atoms with Crippen LogP contribution >= 0.6 is 23.2 Å². The van der Waals surface area contributed by atoms with E-state index in [1.54, 1.807) is 4.68 Å². The monoisotopic (exact) mass is 262 g/mol. The number of rotatable bonds is 2. The topological polar surface area (TPSA) is 27.1 Å². The lowest BCUT2D eigenvalue weighted by atomic mass is 9.94. The first-order chi connectivity index (χ1) is 7.59. The summed E-state index contributed by atoms with van der Waals surface area (Å²) >= 11 is 12.5. The van der Waals surface area contributed by atoms with E-state index in [2.05, 4.69) is 5.10 Å². The maximum absolute atomic E-state index is 6.29. The summed E-state index contributed by atoms with van der Waals surface area (Å²) in [6.45, 7) is 3.47. The van der Waals surface area contributed by atoms with Crippen molar-refractivity contribution in [3.8, 4) is 0 Å². The second kappa shape index (κ2) is 4.94. The second-order valence-corrected chi connectivity index (χ2v) is 5.24. The third-order valence-electron chi connectivity index (χ3n) is 3.12. The smallest absolute Gasteiger partial charge is 0.130 e. The summed E-state index contributed by atoms with van der Waals surface area (Å²) in [6.07, 6.45) is 1.77. The van der Waals surface area contributed by atoms with Gasteiger partial charge in [0.2, 0.25) is 0 Å². The number of aromatic nitrogens is 2. The summed E-state index contributed by atoms with van der Waals surface area (Å²) in [4.78, 5) is 0. The van der Waals surface area contributed by atoms with Gasteiger partial charge in [-0.25, -0.2) is 0 Å². The number of hydrogen-bond donors (Lipinski definition) is 0. The van der Waals surface area contributed by atoms with E-state index in [1.165, 1.54) is 0 Å². The molecule has 0 bridgehead atoms. The molecule has 0 spiro atoms. The second-order valence-electron chi connectivity index (χ2n) is 4.32. The molecule has 0 saturated carbocycles. The van der Waals surface area contributed by atoms with Gasteiger partial charge < -0.3 is 4.74 Å². The molecule has 0 aliphatic carbocycles. The molecule has 3 nitrogen and oxygen atoms in total. The molecule has 2 heterocycles. The molecule has 90 valence electrons. The molecule has 1 aliphatic heterocycles. The number of nitrogens with zero attached hydrogens (tertiary/aromatic N) is 2. The van der Waals surface area contributed by atoms with E-state index in [0.717, 1.165) is 37.3 Å². The Bertz CT molecular complexity index is 378. The zero-order valence-electron chi connectivity index (χ0n) is 9.54. The van der Waals surface area contributed by atoms with E-state index >= 15 is 0 Å². The summed E-state index contributed by atoms with van der Waals surface area (Å²) in [5, 5.41) is 5.20. The molecule has 2 unspecified atom stereocenters. The normalized spacial score (nSPS) is 26.0. The van der Waals surface area contributed by atoms with Gasteiger partial charge in [-0.15, -0.1) is 11.6 Å². The minimum atomic E-state index is 0.185. The van der Waals surface area contributed by atoms with Crippen LogP contribution in [0, 0.1) is 12.8 Å². The van der Waals surface area contributed by atoms with Crippen molar-refractivity contribution in [2.24, 2.45) is 13.0 Å². The standard InChI is InChI=1S/C11H16Cl2N2O/c1-7-9(11(13)15(2)14-7)5-8-6-16-4-3-10(8)12/h8,10H,3-6H2,1-2H3. The Balaban J connectivity index is 2.13. The first kappa shape index (κ1) is 12.2. The predicted octanol–water partition coefficient (Wildman–Crippen LogP) is 2.57. The predicted molar refractivity (Wildman–Crippen MR) is 65.2 cm³/mol. The van der Waals surface area contributed by atoms with E-state index in [9.17, 15) is 0 Å². The highest BCUT2D eigenvalue weighted by Crippen LogP contribution is 2.28. The van der Waals surface area contributed by atoms with Crippen molar-refractivity contribution in [3.05, 3.63) is 16.4 Å². The molecular weight excluding hydrogens is 247 g/mol. The highest BCUT2D eigenvalue weighted by molar-refractivity contribution is 6.30. The lowest BCUT2D eigenvalue weighted by molar-refractivity contribution is 0.0577. The maximum Gasteiger partial charge on any atom is 0.130 e. The van der Waals surface area contributed by atoms with Gasteiger partial charge in [-0.05, 0) is 19.8 Å². The summed E-state index contributed by atoms with van der Waals surface area (Å²) in [5.41, 5.74) is 2.09. The summed E-state index contributed by atoms with van der Waals surface area (Å²) in [5.74, 6) is 0.343. The van der Waals surface area contributed by atoms with Crippen LogP contribution in [-0.2, 0) is 18.2 Å². The van der Waals surface area contributed by atoms with Crippen LogP contribution in [0.25, 0.3) is 0 Å². The van der Waals surface area contributed by atoms with Gasteiger partial charge in [0.25, 0.3) is 0 Å². The third-order valence-corrected chi connectivity index (χ3v) is 4.16. The van der Waals surface area contributed by atoms with E-state index in [0.29, 0.717) is 11.1 Å². The van der Waals surface area contributed by atoms with Crippen LogP contribution in [-0.4, -0.2) is 28.4 Å². The van der Waals surface area contributed by atoms with Gasteiger partial charge >= 0.3 is 0 Å². The van der Waals surface area contributed by atoms with E-state index in [-0.39, 0.29) is 5.38 Å². The van der Waals surface area contributed by atoms with Crippen molar-refractivity contribution in [2.75, 3.05) is 13.2 Å². The average Bonchev–Trinajstić information content (AvgIpc) is 2.48. The molecule has 1 aromatic heterocycles. The summed E-state index contributed by atoms with van der Waals surface area (Å²) < 4.78 is 7.16. The SMILES string of the molecule is Cc1nn(C)c(Cl)c1CC1COCCC1Cl. The largest absolute Gasteiger partial charge is 0.381 e. The third kappa shape index (κ3) is 2.36. The Labute approximate surface area is 106 Å². The van der Waals surface area contributed by atoms with Crippen molar-refractivity contribution in [1.82, 2.24) is 9.78 Å². The fraction of sp³-hybridized carbons (Fsp3) is 0.727. The van der Waals surface area contributed by atoms with Gasteiger partial charge in [0.05, 0.1) is 12.3 Å². The van der Waals surface area contributed by atoms with Crippen LogP contribution in [0.4, 0.5) is 0 Å². The van der Waals surface area contributed by atoms with Gasteiger partial charge in [0.15, 0.2) is 0 Å². The van der Waals surface area contributed by atoms with Crippen LogP contribution in [0.1, 0.15) is 17.7 Å². The van der Waals surface area contributed by atoms with Crippen LogP contribution in [0.3, 0.4) is 0 Å². The number of alkyl halides is 1. The summed E-state index contributed by atoms with van der Waals surface area (Å²) in [6, 6.07) is 0. The van der Waals surface area contributed by atoms with Gasteiger partial charge in [0.1, 0.15) is 5.15 Å². The van der Waals surface area contributed by atoms with Gasteiger partial charge in [-0.2, -0.15) is 5.10 Å². The highest BCUT2D eigenvalue weighted by atomic mass is 35.5. The average molecular weight is 263 g/mol. The molecule has 0 amide bonds. The molecule has 0 aromatic carbocycles. The fourth-order valence-corrected chi connectivity index (χ4v) is 2.63. The summed E-state index contributed by atoms with van der Waals surface area (Å²) in [7, 11) is 1.86. The number of aryl methyl sites for hydroxylation is 2. The van der Waals surface area contributed by atoms with Gasteiger partial charge in [0, 0.05) is 30.5 Å². The van der Waals surface area contributed by atoms with Crippen molar-refractivity contribution >= 4 is 23.2 Å². The molecule has 0 radical (unpaired) electrons. The van der Waals surface area contributed by atoms with Crippen molar-refractivity contribution in [1.29, 1.82) is 0 Å². The molecule has 2 rings (SSSR count). The Kier molecular flexibility index (Phi) is 3.77. The van der Waals surface area contributed by atoms with Crippen LogP contribution in [0.15, 0.2) is 0 Å². The quantitative estimate of drug-likeness (QED) is 0.767. The Hall–Kier alpha value is -0.250. The van der Waals surface area contributed by atoms with Crippen molar-refractivity contribution < 1.29 is 4.74 Å². The molecule has 1 saturated heterocycles. The minimum Gasteiger partial charge on any atom is -0.381 e. The fourth-order valence-electron chi connectivity index (χ4n) is 2.13. The van der Waals surface area contributed by atoms with Crippen molar-refractivity contribution in [2.45, 2.75) is 25.1 Å². The molecular formula is C11H16Cl2N2O. The first-order valence-corrected chi connectivity index (χ1v) is 6.31. The minimum absolute atomic E-state index is 0.185. The number of ether oxygens (including phenoxy) is 1. The van der Waals surface area contributed by atoms with E-state index < -0.39 is 0 Å². The van der Waals surface area contributed by atoms with Gasteiger partial charge in [-0.1, -0.05) is 11.6 Å². The molecule has 1 fully saturated rings. The highest BCUT2D eigenvalue weighted by Gasteiger charge is 2.26. The molecule has 0 N–H and O–H groups in total. The van der Waals surface area contributed by atoms with Crippen LogP contribution in [0.5, 0.6) is 0 Å². The number of hydrogen-bond acceptors (Lipinski definition) is 2. The Morgan fingerprint density at radius 2 is 2.31 bits per heavy atom. The Morgan fingerprint density at radius 1 is 1.56 bits per heavy atom. The molecule has 1 aliphatic rings. The molecule has 1 aromatic rings.